The van der Waals surface area contributed by atoms with Gasteiger partial charge < -0.3 is 15.4 Å². The maximum Gasteiger partial charge on any atom is 0.251 e. The van der Waals surface area contributed by atoms with Gasteiger partial charge in [-0.05, 0) is 45.4 Å². The lowest BCUT2D eigenvalue weighted by Gasteiger charge is -2.29. The van der Waals surface area contributed by atoms with Gasteiger partial charge in [-0.15, -0.1) is 12.4 Å². The molecule has 2 rings (SSSR count). The molecule has 0 bridgehead atoms. The van der Waals surface area contributed by atoms with Crippen LogP contribution in [0.25, 0.3) is 0 Å². The third kappa shape index (κ3) is 4.70. The molecule has 1 aromatic rings. The molecule has 2 N–H and O–H groups in total. The molecule has 1 amide bonds. The van der Waals surface area contributed by atoms with E-state index >= 15 is 0 Å². The molecular formula is C16H25ClN2O2. The van der Waals surface area contributed by atoms with Crippen molar-refractivity contribution in [1.82, 2.24) is 10.6 Å². The molecule has 1 fully saturated rings. The fourth-order valence-corrected chi connectivity index (χ4v) is 2.93. The number of benzene rings is 1. The van der Waals surface area contributed by atoms with Gasteiger partial charge in [0.1, 0.15) is 0 Å². The van der Waals surface area contributed by atoms with Crippen LogP contribution < -0.4 is 10.6 Å². The Morgan fingerprint density at radius 1 is 1.33 bits per heavy atom. The first-order chi connectivity index (χ1) is 9.54. The summed E-state index contributed by atoms with van der Waals surface area (Å²) in [5.41, 5.74) is 2.85. The van der Waals surface area contributed by atoms with Crippen molar-refractivity contribution in [3.05, 3.63) is 34.9 Å². The highest BCUT2D eigenvalue weighted by molar-refractivity contribution is 5.94. The normalized spacial score (nSPS) is 20.9. The molecule has 1 unspecified atom stereocenters. The lowest BCUT2D eigenvalue weighted by molar-refractivity contribution is 0.0892. The molecular weight excluding hydrogens is 288 g/mol. The molecule has 0 aliphatic carbocycles. The Morgan fingerprint density at radius 2 is 2.00 bits per heavy atom. The summed E-state index contributed by atoms with van der Waals surface area (Å²) >= 11 is 0. The summed E-state index contributed by atoms with van der Waals surface area (Å²) in [7, 11) is 1.70. The van der Waals surface area contributed by atoms with Gasteiger partial charge in [-0.25, -0.2) is 0 Å². The number of amides is 1. The Labute approximate surface area is 133 Å². The van der Waals surface area contributed by atoms with Gasteiger partial charge >= 0.3 is 0 Å². The number of carbonyl (C=O) groups excluding carboxylic acids is 1. The number of halogens is 1. The Morgan fingerprint density at radius 3 is 2.52 bits per heavy atom. The van der Waals surface area contributed by atoms with Crippen LogP contribution in [0.15, 0.2) is 18.2 Å². The highest BCUT2D eigenvalue weighted by atomic mass is 35.5. The van der Waals surface area contributed by atoms with Crippen molar-refractivity contribution in [2.75, 3.05) is 26.8 Å². The van der Waals surface area contributed by atoms with Crippen molar-refractivity contribution in [2.24, 2.45) is 0 Å². The summed E-state index contributed by atoms with van der Waals surface area (Å²) in [4.78, 5) is 12.3. The van der Waals surface area contributed by atoms with E-state index in [0.29, 0.717) is 13.2 Å². The smallest absolute Gasteiger partial charge is 0.251 e. The van der Waals surface area contributed by atoms with Crippen LogP contribution in [0.5, 0.6) is 0 Å². The van der Waals surface area contributed by atoms with Crippen molar-refractivity contribution < 1.29 is 9.53 Å². The van der Waals surface area contributed by atoms with E-state index in [-0.39, 0.29) is 23.9 Å². The summed E-state index contributed by atoms with van der Waals surface area (Å²) in [6, 6.07) is 5.92. The van der Waals surface area contributed by atoms with Gasteiger partial charge in [0.15, 0.2) is 0 Å². The molecule has 4 nitrogen and oxygen atoms in total. The highest BCUT2D eigenvalue weighted by Gasteiger charge is 2.33. The van der Waals surface area contributed by atoms with Crippen LogP contribution in [0.3, 0.4) is 0 Å². The lowest BCUT2D eigenvalue weighted by Crippen LogP contribution is -2.53. The monoisotopic (exact) mass is 312 g/mol. The molecule has 1 heterocycles. The Balaban J connectivity index is 0.00000220. The second-order valence-electron chi connectivity index (χ2n) is 5.80. The van der Waals surface area contributed by atoms with E-state index in [1.165, 1.54) is 0 Å². The van der Waals surface area contributed by atoms with E-state index in [1.54, 1.807) is 7.11 Å². The summed E-state index contributed by atoms with van der Waals surface area (Å²) in [5, 5.41) is 6.50. The molecule has 0 aromatic heterocycles. The molecule has 1 aliphatic heterocycles. The first-order valence-electron chi connectivity index (χ1n) is 7.15. The number of ether oxygens (including phenoxy) is 1. The summed E-state index contributed by atoms with van der Waals surface area (Å²) < 4.78 is 5.29. The third-order valence-electron chi connectivity index (χ3n) is 3.82. The Bertz CT molecular complexity index is 465. The number of rotatable bonds is 5. The molecule has 1 aromatic carbocycles. The van der Waals surface area contributed by atoms with Crippen LogP contribution in [0.4, 0.5) is 0 Å². The first-order valence-corrected chi connectivity index (χ1v) is 7.15. The van der Waals surface area contributed by atoms with Gasteiger partial charge in [0, 0.05) is 19.2 Å². The topological polar surface area (TPSA) is 50.4 Å². The van der Waals surface area contributed by atoms with Crippen LogP contribution in [0.1, 0.15) is 34.3 Å². The van der Waals surface area contributed by atoms with Crippen LogP contribution in [0.2, 0.25) is 0 Å². The molecule has 0 spiro atoms. The van der Waals surface area contributed by atoms with E-state index in [1.807, 2.05) is 26.0 Å². The predicted octanol–water partition coefficient (Wildman–Crippen LogP) is 2.22. The van der Waals surface area contributed by atoms with Crippen molar-refractivity contribution in [1.29, 1.82) is 0 Å². The molecule has 0 radical (unpaired) electrons. The van der Waals surface area contributed by atoms with Gasteiger partial charge in [0.25, 0.3) is 5.91 Å². The quantitative estimate of drug-likeness (QED) is 0.876. The highest BCUT2D eigenvalue weighted by Crippen LogP contribution is 2.19. The second-order valence-corrected chi connectivity index (χ2v) is 5.80. The minimum absolute atomic E-state index is 0. The first kappa shape index (κ1) is 18.0. The zero-order valence-electron chi connectivity index (χ0n) is 13.0. The maximum absolute atomic E-state index is 12.3. The van der Waals surface area contributed by atoms with E-state index in [9.17, 15) is 4.79 Å². The second kappa shape index (κ2) is 7.78. The molecule has 1 aliphatic rings. The average molecular weight is 313 g/mol. The summed E-state index contributed by atoms with van der Waals surface area (Å²) in [6.45, 7) is 6.24. The molecule has 1 atom stereocenters. The van der Waals surface area contributed by atoms with Crippen molar-refractivity contribution in [3.63, 3.8) is 0 Å². The van der Waals surface area contributed by atoms with Gasteiger partial charge in [0.05, 0.1) is 12.1 Å². The van der Waals surface area contributed by atoms with Crippen LogP contribution >= 0.6 is 12.4 Å². The number of nitrogens with one attached hydrogen (secondary N) is 2. The fraction of sp³-hybridized carbons (Fsp3) is 0.562. The van der Waals surface area contributed by atoms with Crippen molar-refractivity contribution >= 4 is 18.3 Å². The van der Waals surface area contributed by atoms with Crippen LogP contribution in [-0.2, 0) is 4.74 Å². The number of hydrogen-bond donors (Lipinski definition) is 2. The minimum atomic E-state index is -0.108. The Hall–Kier alpha value is -1.10. The number of aryl methyl sites for hydroxylation is 2. The molecule has 118 valence electrons. The van der Waals surface area contributed by atoms with Crippen LogP contribution in [-0.4, -0.2) is 38.3 Å². The number of methoxy groups -OCH3 is 1. The van der Waals surface area contributed by atoms with Gasteiger partial charge in [-0.3, -0.25) is 4.79 Å². The summed E-state index contributed by atoms with van der Waals surface area (Å²) in [6.07, 6.45) is 2.16. The largest absolute Gasteiger partial charge is 0.383 e. The van der Waals surface area contributed by atoms with E-state index in [2.05, 4.69) is 16.7 Å². The minimum Gasteiger partial charge on any atom is -0.383 e. The van der Waals surface area contributed by atoms with Crippen molar-refractivity contribution in [3.8, 4) is 0 Å². The molecule has 5 heteroatoms. The van der Waals surface area contributed by atoms with E-state index in [0.717, 1.165) is 36.1 Å². The fourth-order valence-electron chi connectivity index (χ4n) is 2.93. The zero-order valence-corrected chi connectivity index (χ0v) is 13.8. The van der Waals surface area contributed by atoms with Gasteiger partial charge in [-0.2, -0.15) is 0 Å². The molecule has 21 heavy (non-hydrogen) atoms. The average Bonchev–Trinajstić information content (AvgIpc) is 2.84. The summed E-state index contributed by atoms with van der Waals surface area (Å²) in [5.74, 6) is -0.0130. The van der Waals surface area contributed by atoms with E-state index < -0.39 is 0 Å². The zero-order chi connectivity index (χ0) is 14.6. The van der Waals surface area contributed by atoms with Crippen molar-refractivity contribution in [2.45, 2.75) is 32.2 Å². The van der Waals surface area contributed by atoms with Crippen LogP contribution in [0, 0.1) is 13.8 Å². The maximum atomic E-state index is 12.3. The lowest BCUT2D eigenvalue weighted by atomic mass is 9.98. The van der Waals surface area contributed by atoms with Gasteiger partial charge in [0.2, 0.25) is 0 Å². The third-order valence-corrected chi connectivity index (χ3v) is 3.82. The van der Waals surface area contributed by atoms with Gasteiger partial charge in [-0.1, -0.05) is 17.2 Å². The number of carbonyl (C=O) groups is 1. The Kier molecular flexibility index (Phi) is 6.65. The standard InChI is InChI=1S/C16H24N2O2.ClH/c1-12-7-13(2)9-14(8-12)15(19)17-10-16(11-20-3)5-4-6-18-16;/h7-9,18H,4-6,10-11H2,1-3H3,(H,17,19);1H. The predicted molar refractivity (Wildman–Crippen MR) is 87.3 cm³/mol. The molecule has 1 saturated heterocycles. The van der Waals surface area contributed by atoms with E-state index in [4.69, 9.17) is 4.74 Å². The SMILES string of the molecule is COCC1(CNC(=O)c2cc(C)cc(C)c2)CCCN1.Cl. The number of hydrogen-bond acceptors (Lipinski definition) is 3. The molecule has 0 saturated carbocycles.